The summed E-state index contributed by atoms with van der Waals surface area (Å²) in [6.45, 7) is 6.28. The number of unbranched alkanes of at least 4 members (excludes halogenated alkanes) is 1. The summed E-state index contributed by atoms with van der Waals surface area (Å²) < 4.78 is 0. The lowest BCUT2D eigenvalue weighted by Gasteiger charge is -3.06. The van der Waals surface area contributed by atoms with E-state index in [0.29, 0.717) is 19.0 Å². The number of piperidine rings is 1. The third-order valence-corrected chi connectivity index (χ3v) is 9.97. The van der Waals surface area contributed by atoms with Crippen LogP contribution in [0.5, 0.6) is 0 Å². The van der Waals surface area contributed by atoms with Crippen LogP contribution in [0.15, 0.2) is 4.99 Å². The molecule has 0 N–H and O–H groups in total. The number of amides is 2. The number of likely N-dealkylation sites (N-methyl/N-ethyl adjacent to an activating group) is 1. The van der Waals surface area contributed by atoms with Crippen LogP contribution >= 0.6 is 0 Å². The van der Waals surface area contributed by atoms with Crippen LogP contribution < -0.4 is 0 Å². The molecule has 27 heavy (non-hydrogen) atoms. The quantitative estimate of drug-likeness (QED) is 0.748. The maximum Gasteiger partial charge on any atom is 0.257 e. The van der Waals surface area contributed by atoms with Crippen molar-refractivity contribution >= 4 is 17.6 Å². The number of amidine groups is 1. The minimum absolute atomic E-state index is 0.0497. The zero-order chi connectivity index (χ0) is 18.3. The van der Waals surface area contributed by atoms with Gasteiger partial charge in [0.2, 0.25) is 5.91 Å². The fraction of sp³-hybridized carbons (Fsp3) is 0.864. The van der Waals surface area contributed by atoms with Crippen LogP contribution in [0.3, 0.4) is 0 Å². The molecule has 8 rings (SSSR count). The molecule has 0 aromatic carbocycles. The van der Waals surface area contributed by atoms with E-state index in [1.165, 1.54) is 0 Å². The molecule has 7 fully saturated rings. The number of rotatable bonds is 5. The fourth-order valence-electron chi connectivity index (χ4n) is 9.18. The molecule has 8 aliphatic rings. The highest BCUT2D eigenvalue weighted by Crippen LogP contribution is 3.06. The lowest BCUT2D eigenvalue weighted by Crippen LogP contribution is -3.07. The van der Waals surface area contributed by atoms with E-state index in [9.17, 15) is 9.59 Å². The Balaban J connectivity index is 1.15. The average Bonchev–Trinajstić information content (AvgIpc) is 2.96. The smallest absolute Gasteiger partial charge is 0.257 e. The normalized spacial score (nSPS) is 54.5. The molecule has 0 bridgehead atoms. The molecular weight excluding hydrogens is 338 g/mol. The third kappa shape index (κ3) is 1.27. The zero-order valence-corrected chi connectivity index (χ0v) is 16.4. The van der Waals surface area contributed by atoms with Gasteiger partial charge in [-0.1, -0.05) is 13.3 Å². The predicted octanol–water partition coefficient (Wildman–Crippen LogP) is 2.17. The second-order valence-electron chi connectivity index (χ2n) is 10.4. The van der Waals surface area contributed by atoms with Gasteiger partial charge in [-0.3, -0.25) is 19.5 Å². The van der Waals surface area contributed by atoms with E-state index in [0.717, 1.165) is 85.9 Å². The Morgan fingerprint density at radius 2 is 1.85 bits per heavy atom. The molecule has 0 aromatic rings. The van der Waals surface area contributed by atoms with Crippen LogP contribution in [-0.4, -0.2) is 52.6 Å². The average molecular weight is 367 g/mol. The number of hydrogen-bond acceptors (Lipinski definition) is 3. The van der Waals surface area contributed by atoms with Gasteiger partial charge in [0.15, 0.2) is 5.54 Å². The first-order valence-electron chi connectivity index (χ1n) is 11.3. The van der Waals surface area contributed by atoms with Gasteiger partial charge in [0, 0.05) is 19.5 Å². The van der Waals surface area contributed by atoms with Gasteiger partial charge in [-0.05, 0) is 67.6 Å². The Bertz CT molecular complexity index is 768. The van der Waals surface area contributed by atoms with E-state index < -0.39 is 5.54 Å². The van der Waals surface area contributed by atoms with Gasteiger partial charge in [0.05, 0.1) is 12.0 Å². The van der Waals surface area contributed by atoms with Gasteiger partial charge in [0.1, 0.15) is 5.84 Å². The first kappa shape index (κ1) is 15.5. The molecular formula is C22H29N3O2. The topological polar surface area (TPSA) is 53.0 Å². The van der Waals surface area contributed by atoms with E-state index in [2.05, 4.69) is 11.8 Å². The molecule has 2 aliphatic heterocycles. The van der Waals surface area contributed by atoms with Crippen molar-refractivity contribution in [3.8, 4) is 0 Å². The zero-order valence-electron chi connectivity index (χ0n) is 16.4. The highest BCUT2D eigenvalue weighted by atomic mass is 16.2. The Morgan fingerprint density at radius 1 is 1.15 bits per heavy atom. The first-order valence-corrected chi connectivity index (χ1v) is 11.3. The summed E-state index contributed by atoms with van der Waals surface area (Å²) in [5, 5.41) is 0. The van der Waals surface area contributed by atoms with Crippen molar-refractivity contribution in [2.75, 3.05) is 19.6 Å². The van der Waals surface area contributed by atoms with Crippen molar-refractivity contribution in [1.29, 1.82) is 0 Å². The summed E-state index contributed by atoms with van der Waals surface area (Å²) in [4.78, 5) is 35.8. The van der Waals surface area contributed by atoms with Crippen LogP contribution in [-0.2, 0) is 9.59 Å². The number of carbonyl (C=O) groups excluding carboxylic acids is 2. The molecule has 6 saturated carbocycles. The van der Waals surface area contributed by atoms with Crippen molar-refractivity contribution in [3.63, 3.8) is 0 Å². The van der Waals surface area contributed by atoms with E-state index in [4.69, 9.17) is 4.99 Å². The Morgan fingerprint density at radius 3 is 2.48 bits per heavy atom. The van der Waals surface area contributed by atoms with Gasteiger partial charge in [-0.15, -0.1) is 0 Å². The highest BCUT2D eigenvalue weighted by Gasteiger charge is 3.06. The Labute approximate surface area is 160 Å². The van der Waals surface area contributed by atoms with Crippen molar-refractivity contribution < 1.29 is 9.59 Å². The monoisotopic (exact) mass is 367 g/mol. The Kier molecular flexibility index (Phi) is 2.55. The number of aliphatic imine (C=N–C) groups is 1. The van der Waals surface area contributed by atoms with Crippen LogP contribution in [0.2, 0.25) is 0 Å². The van der Waals surface area contributed by atoms with Gasteiger partial charge in [-0.2, -0.15) is 0 Å². The Hall–Kier alpha value is -1.39. The van der Waals surface area contributed by atoms with Gasteiger partial charge in [-0.25, -0.2) is 0 Å². The molecule has 0 aromatic heterocycles. The molecule has 1 spiro atoms. The van der Waals surface area contributed by atoms with Crippen molar-refractivity contribution in [3.05, 3.63) is 0 Å². The second-order valence-corrected chi connectivity index (χ2v) is 10.4. The second kappa shape index (κ2) is 4.44. The first-order chi connectivity index (χ1) is 13.1. The molecule has 6 aliphatic carbocycles. The van der Waals surface area contributed by atoms with Crippen LogP contribution in [0, 0.1) is 46.8 Å². The van der Waals surface area contributed by atoms with E-state index in [1.54, 1.807) is 0 Å². The molecule has 144 valence electrons. The third-order valence-electron chi connectivity index (χ3n) is 9.97. The van der Waals surface area contributed by atoms with Crippen molar-refractivity contribution in [1.82, 2.24) is 9.80 Å². The summed E-state index contributed by atoms with van der Waals surface area (Å²) in [7, 11) is 0. The van der Waals surface area contributed by atoms with Crippen LogP contribution in [0.1, 0.15) is 46.0 Å². The number of likely N-dealkylation sites (tertiary alicyclic amines) is 1. The van der Waals surface area contributed by atoms with Gasteiger partial charge < -0.3 is 4.90 Å². The lowest BCUT2D eigenvalue weighted by molar-refractivity contribution is -0.597. The summed E-state index contributed by atoms with van der Waals surface area (Å²) in [5.41, 5.74) is -0.625. The maximum absolute atomic E-state index is 13.6. The fourth-order valence-corrected chi connectivity index (χ4v) is 9.18. The standard InChI is InChI=1S/C22H29N3O2/c1-3-5-7-11-23-21(19(26)25(11)4-2)8-6-9-24(10-21)20(27)22-16-13-12-14(16)18(22)15(12)17(13)22/h12-18H,3-10H2,1-2H3. The molecule has 2 heterocycles. The minimum atomic E-state index is -0.675. The molecule has 0 radical (unpaired) electrons. The van der Waals surface area contributed by atoms with Gasteiger partial charge >= 0.3 is 0 Å². The largest absolute Gasteiger partial charge is 0.339 e. The summed E-state index contributed by atoms with van der Waals surface area (Å²) >= 11 is 0. The molecule has 1 atom stereocenters. The predicted molar refractivity (Wildman–Crippen MR) is 99.8 cm³/mol. The van der Waals surface area contributed by atoms with Crippen LogP contribution in [0.25, 0.3) is 0 Å². The lowest BCUT2D eigenvalue weighted by atomic mass is 8.96. The maximum atomic E-state index is 13.6. The molecule has 2 amide bonds. The minimum Gasteiger partial charge on any atom is -0.339 e. The molecule has 1 saturated heterocycles. The van der Waals surface area contributed by atoms with Crippen molar-refractivity contribution in [2.24, 2.45) is 51.8 Å². The highest BCUT2D eigenvalue weighted by molar-refractivity contribution is 6.08. The van der Waals surface area contributed by atoms with Gasteiger partial charge in [0.25, 0.3) is 5.91 Å². The van der Waals surface area contributed by atoms with E-state index in [-0.39, 0.29) is 11.3 Å². The number of hydrogen-bond donors (Lipinski definition) is 0. The number of nitrogens with zero attached hydrogens (tertiary/aromatic N) is 3. The van der Waals surface area contributed by atoms with Crippen LogP contribution in [0.4, 0.5) is 0 Å². The summed E-state index contributed by atoms with van der Waals surface area (Å²) in [6, 6.07) is 0. The number of carbonyl (C=O) groups is 2. The molecule has 1 unspecified atom stereocenters. The molecule has 5 heteroatoms. The SMILES string of the molecule is CCCCC1=NC2(CCCN(C(=O)C34C5C6C7C5C3C7C64)C2)C(=O)N1CC. The van der Waals surface area contributed by atoms with E-state index in [1.807, 2.05) is 11.8 Å². The van der Waals surface area contributed by atoms with E-state index >= 15 is 0 Å². The van der Waals surface area contributed by atoms with Crippen molar-refractivity contribution in [2.45, 2.75) is 51.5 Å². The summed E-state index contributed by atoms with van der Waals surface area (Å²) in [6.07, 6.45) is 4.78. The molecule has 5 nitrogen and oxygen atoms in total. The summed E-state index contributed by atoms with van der Waals surface area (Å²) in [5.74, 6) is 7.57.